The first-order chi connectivity index (χ1) is 14.0. The molecule has 1 aromatic heterocycles. The van der Waals surface area contributed by atoms with E-state index >= 15 is 0 Å². The predicted molar refractivity (Wildman–Crippen MR) is 120 cm³/mol. The second-order valence-electron chi connectivity index (χ2n) is 6.23. The zero-order valence-electron chi connectivity index (χ0n) is 15.7. The molecule has 2 heterocycles. The number of halogens is 1. The van der Waals surface area contributed by atoms with E-state index in [1.165, 1.54) is 11.3 Å². The number of hydrogen-bond acceptors (Lipinski definition) is 6. The van der Waals surface area contributed by atoms with Gasteiger partial charge in [-0.1, -0.05) is 29.5 Å². The van der Waals surface area contributed by atoms with E-state index in [2.05, 4.69) is 26.6 Å². The molecule has 1 amide bonds. The van der Waals surface area contributed by atoms with Gasteiger partial charge in [0.1, 0.15) is 16.9 Å². The molecular formula is C20H18BrN3O3S2. The Balaban J connectivity index is 1.77. The van der Waals surface area contributed by atoms with Gasteiger partial charge in [-0.3, -0.25) is 9.36 Å². The van der Waals surface area contributed by atoms with Gasteiger partial charge in [-0.15, -0.1) is 0 Å². The van der Waals surface area contributed by atoms with Gasteiger partial charge in [0, 0.05) is 5.69 Å². The van der Waals surface area contributed by atoms with Gasteiger partial charge in [0.15, 0.2) is 15.5 Å². The van der Waals surface area contributed by atoms with Crippen molar-refractivity contribution < 1.29 is 14.3 Å². The van der Waals surface area contributed by atoms with Crippen LogP contribution in [0.4, 0.5) is 5.82 Å². The van der Waals surface area contributed by atoms with Gasteiger partial charge in [-0.2, -0.15) is 0 Å². The number of para-hydroxylation sites is 1. The van der Waals surface area contributed by atoms with E-state index in [4.69, 9.17) is 21.7 Å². The number of nitrogens with one attached hydrogen (secondary N) is 2. The number of anilines is 1. The molecule has 2 aromatic carbocycles. The van der Waals surface area contributed by atoms with E-state index in [-0.39, 0.29) is 5.91 Å². The third-order valence-electron chi connectivity index (χ3n) is 4.46. The number of ether oxygens (including phenoxy) is 2. The molecule has 0 saturated carbocycles. The van der Waals surface area contributed by atoms with Crippen LogP contribution in [0.3, 0.4) is 0 Å². The lowest BCUT2D eigenvalue weighted by Gasteiger charge is -2.28. The average Bonchev–Trinajstić information content (AvgIpc) is 3.06. The standard InChI is InChI=1S/C20H18BrN3O3S2/c1-3-27-15-13(21)9-11(10-14(15)26-2)17-22-18-16(19(25)23-17)29-20(28)24(18)12-7-5-4-6-8-12/h4-10,17,22H,3H2,1-2H3,(H,23,25)/t17-/m1/s1. The summed E-state index contributed by atoms with van der Waals surface area (Å²) in [6.07, 6.45) is -0.449. The monoisotopic (exact) mass is 491 g/mol. The highest BCUT2D eigenvalue weighted by Gasteiger charge is 2.30. The molecule has 6 nitrogen and oxygen atoms in total. The Morgan fingerprint density at radius 2 is 2.00 bits per heavy atom. The van der Waals surface area contributed by atoms with Crippen LogP contribution in [0.1, 0.15) is 28.3 Å². The van der Waals surface area contributed by atoms with Crippen molar-refractivity contribution in [1.29, 1.82) is 0 Å². The maximum Gasteiger partial charge on any atom is 0.267 e. The van der Waals surface area contributed by atoms with Gasteiger partial charge in [-0.25, -0.2) is 0 Å². The second kappa shape index (κ2) is 8.17. The topological polar surface area (TPSA) is 64.5 Å². The van der Waals surface area contributed by atoms with Crippen LogP contribution in [0, 0.1) is 3.95 Å². The van der Waals surface area contributed by atoms with Gasteiger partial charge in [0.05, 0.1) is 18.2 Å². The first-order valence-corrected chi connectivity index (χ1v) is 10.9. The Labute approximate surface area is 185 Å². The summed E-state index contributed by atoms with van der Waals surface area (Å²) < 4.78 is 14.4. The number of carbonyl (C=O) groups is 1. The van der Waals surface area contributed by atoms with Gasteiger partial charge >= 0.3 is 0 Å². The number of aromatic nitrogens is 1. The molecule has 9 heteroatoms. The molecule has 2 N–H and O–H groups in total. The van der Waals surface area contributed by atoms with Crippen LogP contribution in [0.15, 0.2) is 46.9 Å². The maximum atomic E-state index is 12.8. The average molecular weight is 492 g/mol. The molecule has 0 aliphatic carbocycles. The van der Waals surface area contributed by atoms with Crippen LogP contribution in [0.5, 0.6) is 11.5 Å². The van der Waals surface area contributed by atoms with Crippen molar-refractivity contribution in [3.8, 4) is 17.2 Å². The fraction of sp³-hybridized carbons (Fsp3) is 0.200. The summed E-state index contributed by atoms with van der Waals surface area (Å²) in [6, 6.07) is 13.5. The number of fused-ring (bicyclic) bond motifs is 1. The Bertz CT molecular complexity index is 1130. The van der Waals surface area contributed by atoms with E-state index in [0.717, 1.165) is 15.7 Å². The van der Waals surface area contributed by atoms with Gasteiger partial charge in [-0.05, 0) is 64.9 Å². The smallest absolute Gasteiger partial charge is 0.267 e. The highest BCUT2D eigenvalue weighted by Crippen LogP contribution is 2.40. The summed E-state index contributed by atoms with van der Waals surface area (Å²) in [4.78, 5) is 13.4. The molecule has 1 aliphatic heterocycles. The molecule has 0 bridgehead atoms. The lowest BCUT2D eigenvalue weighted by molar-refractivity contribution is 0.0939. The second-order valence-corrected chi connectivity index (χ2v) is 8.73. The van der Waals surface area contributed by atoms with Crippen LogP contribution < -0.4 is 20.1 Å². The van der Waals surface area contributed by atoms with Crippen molar-refractivity contribution >= 4 is 51.2 Å². The molecule has 4 rings (SSSR count). The number of benzene rings is 2. The van der Waals surface area contributed by atoms with E-state index in [1.54, 1.807) is 7.11 Å². The van der Waals surface area contributed by atoms with Crippen molar-refractivity contribution in [3.63, 3.8) is 0 Å². The molecule has 29 heavy (non-hydrogen) atoms. The summed E-state index contributed by atoms with van der Waals surface area (Å²) in [6.45, 7) is 2.43. The third-order valence-corrected chi connectivity index (χ3v) is 6.42. The van der Waals surface area contributed by atoms with E-state index in [1.807, 2.05) is 54.0 Å². The van der Waals surface area contributed by atoms with E-state index in [9.17, 15) is 4.79 Å². The molecule has 0 fully saturated rings. The Morgan fingerprint density at radius 3 is 2.69 bits per heavy atom. The summed E-state index contributed by atoms with van der Waals surface area (Å²) >= 11 is 10.4. The van der Waals surface area contributed by atoms with Gasteiger partial charge in [0.25, 0.3) is 5.91 Å². The molecule has 150 valence electrons. The number of amides is 1. The minimum absolute atomic E-state index is 0.168. The number of hydrogen-bond donors (Lipinski definition) is 2. The number of thiazole rings is 1. The zero-order chi connectivity index (χ0) is 20.5. The van der Waals surface area contributed by atoms with Crippen LogP contribution in [-0.2, 0) is 0 Å². The summed E-state index contributed by atoms with van der Waals surface area (Å²) in [5, 5.41) is 6.41. The molecular weight excluding hydrogens is 474 g/mol. The third kappa shape index (κ3) is 3.65. The summed E-state index contributed by atoms with van der Waals surface area (Å²) in [7, 11) is 1.59. The fourth-order valence-corrected chi connectivity index (χ4v) is 5.08. The molecule has 0 unspecified atom stereocenters. The van der Waals surface area contributed by atoms with Crippen molar-refractivity contribution in [2.24, 2.45) is 0 Å². The van der Waals surface area contributed by atoms with Crippen molar-refractivity contribution in [1.82, 2.24) is 9.88 Å². The van der Waals surface area contributed by atoms with Crippen molar-refractivity contribution in [2.75, 3.05) is 19.0 Å². The minimum Gasteiger partial charge on any atom is -0.493 e. The van der Waals surface area contributed by atoms with Crippen LogP contribution in [-0.4, -0.2) is 24.2 Å². The fourth-order valence-electron chi connectivity index (χ4n) is 3.20. The number of carbonyl (C=O) groups excluding carboxylic acids is 1. The van der Waals surface area contributed by atoms with Gasteiger partial charge < -0.3 is 20.1 Å². The SMILES string of the molecule is CCOc1c(Br)cc([C@H]2NC(=O)c3sc(=S)n(-c4ccccc4)c3N2)cc1OC. The Hall–Kier alpha value is -2.36. The normalized spacial score (nSPS) is 15.3. The summed E-state index contributed by atoms with van der Waals surface area (Å²) in [5.41, 5.74) is 1.73. The molecule has 0 saturated heterocycles. The number of nitrogens with zero attached hydrogens (tertiary/aromatic N) is 1. The molecule has 0 radical (unpaired) electrons. The van der Waals surface area contributed by atoms with Crippen LogP contribution in [0.2, 0.25) is 0 Å². The zero-order valence-corrected chi connectivity index (χ0v) is 18.9. The Morgan fingerprint density at radius 1 is 1.24 bits per heavy atom. The largest absolute Gasteiger partial charge is 0.493 e. The highest BCUT2D eigenvalue weighted by molar-refractivity contribution is 9.10. The van der Waals surface area contributed by atoms with E-state index in [0.29, 0.717) is 32.8 Å². The quantitative estimate of drug-likeness (QED) is 0.474. The first kappa shape index (κ1) is 19.9. The lowest BCUT2D eigenvalue weighted by Crippen LogP contribution is -2.38. The predicted octanol–water partition coefficient (Wildman–Crippen LogP) is 5.29. The van der Waals surface area contributed by atoms with Crippen LogP contribution in [0.25, 0.3) is 5.69 Å². The number of methoxy groups -OCH3 is 1. The van der Waals surface area contributed by atoms with Gasteiger partial charge in [0.2, 0.25) is 0 Å². The molecule has 1 aliphatic rings. The Kier molecular flexibility index (Phi) is 5.62. The summed E-state index contributed by atoms with van der Waals surface area (Å²) in [5.74, 6) is 1.73. The molecule has 0 spiro atoms. The highest BCUT2D eigenvalue weighted by atomic mass is 79.9. The lowest BCUT2D eigenvalue weighted by atomic mass is 10.1. The minimum atomic E-state index is -0.449. The maximum absolute atomic E-state index is 12.8. The number of rotatable bonds is 5. The van der Waals surface area contributed by atoms with Crippen molar-refractivity contribution in [3.05, 3.63) is 61.3 Å². The van der Waals surface area contributed by atoms with Crippen LogP contribution >= 0.6 is 39.5 Å². The van der Waals surface area contributed by atoms with Crippen molar-refractivity contribution in [2.45, 2.75) is 13.1 Å². The molecule has 3 aromatic rings. The van der Waals surface area contributed by atoms with E-state index < -0.39 is 6.17 Å². The first-order valence-electron chi connectivity index (χ1n) is 8.92. The molecule has 1 atom stereocenters.